The van der Waals surface area contributed by atoms with Gasteiger partial charge in [0.25, 0.3) is 0 Å². The molecule has 0 unspecified atom stereocenters. The molecule has 6 nitrogen and oxygen atoms in total. The van der Waals surface area contributed by atoms with Crippen LogP contribution in [0, 0.1) is 0 Å². The molecule has 0 rings (SSSR count). The van der Waals surface area contributed by atoms with Gasteiger partial charge in [0.1, 0.15) is 11.4 Å². The Kier molecular flexibility index (Phi) is 8.48. The van der Waals surface area contributed by atoms with Crippen molar-refractivity contribution in [2.45, 2.75) is 33.3 Å². The highest BCUT2D eigenvalue weighted by atomic mass is 79.9. The lowest BCUT2D eigenvalue weighted by Gasteiger charge is -2.19. The van der Waals surface area contributed by atoms with Gasteiger partial charge in [0.05, 0.1) is 0 Å². The average Bonchev–Trinajstić information content (AvgIpc) is 2.30. The molecule has 0 aliphatic rings. The summed E-state index contributed by atoms with van der Waals surface area (Å²) in [6.45, 7) is 11.3. The number of rotatable bonds is 5. The Hall–Kier alpha value is -1.08. The van der Waals surface area contributed by atoms with Crippen molar-refractivity contribution in [3.8, 4) is 0 Å². The third kappa shape index (κ3) is 9.80. The van der Waals surface area contributed by atoms with Crippen molar-refractivity contribution >= 4 is 45.6 Å². The van der Waals surface area contributed by atoms with Crippen LogP contribution in [-0.2, 0) is 4.74 Å². The summed E-state index contributed by atoms with van der Waals surface area (Å²) in [5.74, 6) is 0.522. The summed E-state index contributed by atoms with van der Waals surface area (Å²) in [4.78, 5) is 18.9. The van der Waals surface area contributed by atoms with E-state index in [4.69, 9.17) is 16.3 Å². The number of aliphatic imine (C=N–C) groups is 2. The fraction of sp³-hybridized carbons (Fsp3) is 0.583. The summed E-state index contributed by atoms with van der Waals surface area (Å²) in [6.07, 6.45) is -0.463. The molecule has 1 amide bonds. The van der Waals surface area contributed by atoms with E-state index in [0.29, 0.717) is 18.9 Å². The summed E-state index contributed by atoms with van der Waals surface area (Å²) < 4.78 is 5.86. The Bertz CT molecular complexity index is 412. The number of amides is 1. The van der Waals surface area contributed by atoms with Crippen molar-refractivity contribution in [2.75, 3.05) is 13.1 Å². The minimum absolute atomic E-state index is 0.0337. The van der Waals surface area contributed by atoms with E-state index in [1.165, 1.54) is 0 Å². The second-order valence-corrected chi connectivity index (χ2v) is 6.30. The molecular formula is C12H20BrClN4O2. The number of carbonyl (C=O) groups excluding carboxylic acids is 1. The van der Waals surface area contributed by atoms with Gasteiger partial charge in [-0.1, -0.05) is 15.9 Å². The number of halogens is 2. The number of hydrogen-bond acceptors (Lipinski definition) is 4. The van der Waals surface area contributed by atoms with Gasteiger partial charge in [-0.3, -0.25) is 0 Å². The molecule has 0 aromatic carbocycles. The summed E-state index contributed by atoms with van der Waals surface area (Å²) in [5.41, 5.74) is -0.511. The normalized spacial score (nSPS) is 13.4. The van der Waals surface area contributed by atoms with Gasteiger partial charge in [-0.15, -0.1) is 0 Å². The largest absolute Gasteiger partial charge is 0.444 e. The molecule has 0 heterocycles. The Morgan fingerprint density at radius 3 is 2.35 bits per heavy atom. The fourth-order valence-corrected chi connectivity index (χ4v) is 1.34. The van der Waals surface area contributed by atoms with E-state index >= 15 is 0 Å². The zero-order valence-electron chi connectivity index (χ0n) is 12.1. The summed E-state index contributed by atoms with van der Waals surface area (Å²) in [7, 11) is 0. The van der Waals surface area contributed by atoms with Gasteiger partial charge in [-0.25, -0.2) is 14.8 Å². The van der Waals surface area contributed by atoms with Gasteiger partial charge in [0, 0.05) is 17.6 Å². The molecule has 114 valence electrons. The first-order chi connectivity index (χ1) is 9.15. The molecular weight excluding hydrogens is 348 g/mol. The van der Waals surface area contributed by atoms with E-state index in [1.54, 1.807) is 27.7 Å². The molecule has 0 aromatic rings. The Morgan fingerprint density at radius 1 is 1.35 bits per heavy atom. The number of alkyl carbamates (subject to hydrolysis) is 1. The van der Waals surface area contributed by atoms with Crippen molar-refractivity contribution in [1.29, 1.82) is 0 Å². The fourth-order valence-electron chi connectivity index (χ4n) is 1.03. The number of carbonyl (C=O) groups is 1. The van der Waals surface area contributed by atoms with E-state index in [9.17, 15) is 4.79 Å². The molecule has 0 aliphatic carbocycles. The number of allylic oxidation sites excluding steroid dienone is 1. The molecule has 0 aliphatic heterocycles. The molecule has 8 heteroatoms. The zero-order valence-corrected chi connectivity index (χ0v) is 14.4. The van der Waals surface area contributed by atoms with Crippen molar-refractivity contribution in [3.63, 3.8) is 0 Å². The van der Waals surface area contributed by atoms with Crippen LogP contribution in [0.1, 0.15) is 27.7 Å². The van der Waals surface area contributed by atoms with Crippen LogP contribution < -0.4 is 10.6 Å². The van der Waals surface area contributed by atoms with Crippen LogP contribution >= 0.6 is 27.5 Å². The van der Waals surface area contributed by atoms with Crippen LogP contribution in [0.15, 0.2) is 20.3 Å². The number of amidine groups is 1. The smallest absolute Gasteiger partial charge is 0.407 e. The Balaban J connectivity index is 4.20. The molecule has 0 radical (unpaired) electrons. The molecule has 0 atom stereocenters. The third-order valence-electron chi connectivity index (χ3n) is 1.75. The van der Waals surface area contributed by atoms with Gasteiger partial charge in [0.2, 0.25) is 5.29 Å². The zero-order chi connectivity index (χ0) is 15.8. The monoisotopic (exact) mass is 366 g/mol. The molecule has 0 saturated heterocycles. The second-order valence-electron chi connectivity index (χ2n) is 4.78. The van der Waals surface area contributed by atoms with Crippen molar-refractivity contribution < 1.29 is 9.53 Å². The van der Waals surface area contributed by atoms with Crippen LogP contribution in [-0.4, -0.2) is 36.8 Å². The van der Waals surface area contributed by atoms with Crippen LogP contribution in [0.3, 0.4) is 0 Å². The first-order valence-corrected chi connectivity index (χ1v) is 7.11. The van der Waals surface area contributed by atoms with Gasteiger partial charge in [0.15, 0.2) is 0 Å². The molecule has 0 aromatic heterocycles. The molecule has 20 heavy (non-hydrogen) atoms. The first-order valence-electron chi connectivity index (χ1n) is 5.93. The van der Waals surface area contributed by atoms with Crippen molar-refractivity contribution in [2.24, 2.45) is 9.98 Å². The number of hydrogen-bond donors (Lipinski definition) is 2. The van der Waals surface area contributed by atoms with Crippen LogP contribution in [0.2, 0.25) is 0 Å². The van der Waals surface area contributed by atoms with E-state index in [-0.39, 0.29) is 5.29 Å². The molecule has 0 fully saturated rings. The summed E-state index contributed by atoms with van der Waals surface area (Å²) in [6, 6.07) is 0. The van der Waals surface area contributed by atoms with E-state index in [1.807, 2.05) is 0 Å². The average molecular weight is 368 g/mol. The highest BCUT2D eigenvalue weighted by molar-refractivity contribution is 9.11. The number of nitrogens with one attached hydrogen (secondary N) is 2. The highest BCUT2D eigenvalue weighted by Gasteiger charge is 2.15. The SMILES string of the molecule is C=NC(Cl)=N/C(NCCNC(=O)OC(C)(C)C)=C(\C)Br. The maximum absolute atomic E-state index is 11.4. The quantitative estimate of drug-likeness (QED) is 0.339. The van der Waals surface area contributed by atoms with Crippen LogP contribution in [0.25, 0.3) is 0 Å². The molecule has 0 spiro atoms. The maximum atomic E-state index is 11.4. The first kappa shape index (κ1) is 18.9. The van der Waals surface area contributed by atoms with Crippen molar-refractivity contribution in [3.05, 3.63) is 10.3 Å². The van der Waals surface area contributed by atoms with Crippen molar-refractivity contribution in [1.82, 2.24) is 10.6 Å². The second kappa shape index (κ2) is 8.97. The highest BCUT2D eigenvalue weighted by Crippen LogP contribution is 2.10. The standard InChI is InChI=1S/C12H20BrClN4O2/c1-8(13)9(18-10(14)15-5)16-6-7-17-11(19)20-12(2,3)4/h16H,5-7H2,1-4H3,(H,17,19)/b9-8+,18-10?. The number of ether oxygens (including phenoxy) is 1. The predicted octanol–water partition coefficient (Wildman–Crippen LogP) is 2.98. The third-order valence-corrected chi connectivity index (χ3v) is 2.33. The van der Waals surface area contributed by atoms with Gasteiger partial charge in [-0.05, 0) is 46.0 Å². The molecule has 0 saturated carbocycles. The molecule has 2 N–H and O–H groups in total. The predicted molar refractivity (Wildman–Crippen MR) is 86.7 cm³/mol. The Morgan fingerprint density at radius 2 is 1.90 bits per heavy atom. The number of nitrogens with zero attached hydrogens (tertiary/aromatic N) is 2. The maximum Gasteiger partial charge on any atom is 0.407 e. The van der Waals surface area contributed by atoms with E-state index in [2.05, 4.69) is 43.3 Å². The van der Waals surface area contributed by atoms with E-state index in [0.717, 1.165) is 4.48 Å². The summed E-state index contributed by atoms with van der Waals surface area (Å²) >= 11 is 8.97. The minimum atomic E-state index is -0.511. The van der Waals surface area contributed by atoms with E-state index < -0.39 is 11.7 Å². The van der Waals surface area contributed by atoms with Gasteiger partial charge >= 0.3 is 6.09 Å². The van der Waals surface area contributed by atoms with Crippen LogP contribution in [0.5, 0.6) is 0 Å². The topological polar surface area (TPSA) is 75.1 Å². The summed E-state index contributed by atoms with van der Waals surface area (Å²) in [5, 5.41) is 5.66. The molecule has 0 bridgehead atoms. The lowest BCUT2D eigenvalue weighted by Crippen LogP contribution is -2.36. The lowest BCUT2D eigenvalue weighted by molar-refractivity contribution is 0.0528. The lowest BCUT2D eigenvalue weighted by atomic mass is 10.2. The Labute approximate surface area is 132 Å². The van der Waals surface area contributed by atoms with Crippen LogP contribution in [0.4, 0.5) is 4.79 Å². The van der Waals surface area contributed by atoms with Gasteiger partial charge < -0.3 is 15.4 Å². The van der Waals surface area contributed by atoms with Gasteiger partial charge in [-0.2, -0.15) is 0 Å². The minimum Gasteiger partial charge on any atom is -0.444 e.